The molecular weight excluding hydrogens is 296 g/mol. The number of thiophene rings is 4. The smallest absolute Gasteiger partial charge is 0.0456 e. The van der Waals surface area contributed by atoms with E-state index in [2.05, 4.69) is 47.2 Å². The van der Waals surface area contributed by atoms with Gasteiger partial charge in [-0.2, -0.15) is 0 Å². The number of hydrogen-bond acceptors (Lipinski definition) is 4. The van der Waals surface area contributed by atoms with Gasteiger partial charge in [-0.3, -0.25) is 0 Å². The molecule has 4 aromatic heterocycles. The molecule has 0 unspecified atom stereocenters. The third kappa shape index (κ3) is 1.86. The molecule has 18 heavy (non-hydrogen) atoms. The van der Waals surface area contributed by atoms with Crippen LogP contribution in [0.4, 0.5) is 0 Å². The van der Waals surface area contributed by atoms with E-state index in [-0.39, 0.29) is 0 Å². The molecular formula is C14H8S4. The first-order chi connectivity index (χ1) is 8.88. The zero-order valence-electron chi connectivity index (χ0n) is 9.25. The maximum absolute atomic E-state index is 2.27. The van der Waals surface area contributed by atoms with Crippen molar-refractivity contribution in [2.45, 2.75) is 0 Å². The van der Waals surface area contributed by atoms with Gasteiger partial charge in [-0.05, 0) is 47.2 Å². The Hall–Kier alpha value is -0.940. The summed E-state index contributed by atoms with van der Waals surface area (Å²) >= 11 is 7.36. The van der Waals surface area contributed by atoms with Crippen LogP contribution in [0.25, 0.3) is 31.0 Å². The van der Waals surface area contributed by atoms with E-state index in [0.717, 1.165) is 0 Å². The summed E-state index contributed by atoms with van der Waals surface area (Å²) in [5, 5.41) is 4.31. The van der Waals surface area contributed by atoms with Crippen LogP contribution in [0.2, 0.25) is 0 Å². The lowest BCUT2D eigenvalue weighted by atomic mass is 10.3. The van der Waals surface area contributed by atoms with Crippen LogP contribution >= 0.6 is 45.3 Å². The average Bonchev–Trinajstić information content (AvgIpc) is 3.04. The van der Waals surface area contributed by atoms with E-state index in [9.17, 15) is 0 Å². The van der Waals surface area contributed by atoms with Crippen molar-refractivity contribution in [3.05, 3.63) is 44.8 Å². The highest BCUT2D eigenvalue weighted by Gasteiger charge is 2.02. The van der Waals surface area contributed by atoms with Gasteiger partial charge in [-0.1, -0.05) is 0 Å². The largest absolute Gasteiger partial charge is 0.143 e. The Bertz CT molecular complexity index is 710. The summed E-state index contributed by atoms with van der Waals surface area (Å²) < 4.78 is 5.58. The second-order valence-electron chi connectivity index (χ2n) is 3.93. The molecule has 0 aliphatic carbocycles. The van der Waals surface area contributed by atoms with Gasteiger partial charge in [0.2, 0.25) is 0 Å². The minimum Gasteiger partial charge on any atom is -0.143 e. The summed E-state index contributed by atoms with van der Waals surface area (Å²) in [6.45, 7) is 0. The number of hydrogen-bond donors (Lipinski definition) is 0. The van der Waals surface area contributed by atoms with Crippen molar-refractivity contribution in [3.63, 3.8) is 0 Å². The van der Waals surface area contributed by atoms with Crippen molar-refractivity contribution in [1.82, 2.24) is 0 Å². The normalized spacial score (nSPS) is 12.2. The number of rotatable bonds is 2. The maximum Gasteiger partial charge on any atom is 0.0456 e. The van der Waals surface area contributed by atoms with Crippen molar-refractivity contribution in [2.75, 3.05) is 0 Å². The summed E-state index contributed by atoms with van der Waals surface area (Å²) in [7, 11) is 0. The summed E-state index contributed by atoms with van der Waals surface area (Å²) in [6, 6.07) is 8.94. The fourth-order valence-electron chi connectivity index (χ4n) is 1.90. The molecule has 4 aromatic rings. The Morgan fingerprint density at radius 2 is 1.17 bits per heavy atom. The van der Waals surface area contributed by atoms with E-state index in [1.54, 1.807) is 0 Å². The van der Waals surface area contributed by atoms with E-state index in [0.29, 0.717) is 0 Å². The molecule has 0 atom stereocenters. The monoisotopic (exact) mass is 304 g/mol. The summed E-state index contributed by atoms with van der Waals surface area (Å²) in [5.41, 5.74) is 0. The molecule has 0 spiro atoms. The Balaban J connectivity index is 1.68. The molecule has 88 valence electrons. The van der Waals surface area contributed by atoms with Gasteiger partial charge in [0.05, 0.1) is 0 Å². The molecule has 0 saturated carbocycles. The van der Waals surface area contributed by atoms with Crippen molar-refractivity contribution in [1.29, 1.82) is 0 Å². The highest BCUT2D eigenvalue weighted by Crippen LogP contribution is 2.33. The first kappa shape index (κ1) is 10.9. The molecule has 4 heterocycles. The minimum absolute atomic E-state index is 1.34. The van der Waals surface area contributed by atoms with Gasteiger partial charge in [0.25, 0.3) is 0 Å². The van der Waals surface area contributed by atoms with E-state index in [1.807, 2.05) is 45.3 Å². The first-order valence-electron chi connectivity index (χ1n) is 5.51. The van der Waals surface area contributed by atoms with Crippen molar-refractivity contribution in [3.8, 4) is 0 Å². The third-order valence-electron chi connectivity index (χ3n) is 2.73. The average molecular weight is 304 g/mol. The lowest BCUT2D eigenvalue weighted by molar-refractivity contribution is 2.04. The number of fused-ring (bicyclic) bond motifs is 2. The van der Waals surface area contributed by atoms with Crippen LogP contribution < -0.4 is 0 Å². The molecule has 0 bridgehead atoms. The molecule has 0 radical (unpaired) electrons. The van der Waals surface area contributed by atoms with Gasteiger partial charge in [-0.15, -0.1) is 45.3 Å². The highest BCUT2D eigenvalue weighted by molar-refractivity contribution is 7.28. The van der Waals surface area contributed by atoms with Gasteiger partial charge >= 0.3 is 0 Å². The van der Waals surface area contributed by atoms with Crippen molar-refractivity contribution < 1.29 is 0 Å². The molecule has 0 aromatic carbocycles. The Kier molecular flexibility index (Phi) is 2.62. The second-order valence-corrected chi connectivity index (χ2v) is 8.06. The van der Waals surface area contributed by atoms with Crippen LogP contribution in [0.5, 0.6) is 0 Å². The van der Waals surface area contributed by atoms with Crippen molar-refractivity contribution in [2.24, 2.45) is 0 Å². The predicted molar refractivity (Wildman–Crippen MR) is 88.3 cm³/mol. The van der Waals surface area contributed by atoms with E-state index < -0.39 is 0 Å². The predicted octanol–water partition coefficient (Wildman–Crippen LogP) is 6.41. The molecule has 0 amide bonds. The topological polar surface area (TPSA) is 0 Å². The molecule has 4 rings (SSSR count). The molecule has 0 aliphatic rings. The zero-order chi connectivity index (χ0) is 11.9. The van der Waals surface area contributed by atoms with Gasteiger partial charge in [-0.25, -0.2) is 0 Å². The van der Waals surface area contributed by atoms with E-state index in [1.165, 1.54) is 28.6 Å². The van der Waals surface area contributed by atoms with E-state index in [4.69, 9.17) is 0 Å². The Morgan fingerprint density at radius 3 is 1.61 bits per heavy atom. The van der Waals surface area contributed by atoms with Crippen LogP contribution in [0, 0.1) is 0 Å². The molecule has 0 nitrogen and oxygen atoms in total. The van der Waals surface area contributed by atoms with Gasteiger partial charge in [0.1, 0.15) is 0 Å². The minimum atomic E-state index is 1.34. The van der Waals surface area contributed by atoms with E-state index >= 15 is 0 Å². The molecule has 0 aliphatic heterocycles. The van der Waals surface area contributed by atoms with Gasteiger partial charge in [0, 0.05) is 28.6 Å². The van der Waals surface area contributed by atoms with Gasteiger partial charge < -0.3 is 0 Å². The van der Waals surface area contributed by atoms with Crippen LogP contribution in [0.1, 0.15) is 9.75 Å². The summed E-state index contributed by atoms with van der Waals surface area (Å²) in [6.07, 6.45) is 4.46. The molecule has 0 fully saturated rings. The quantitative estimate of drug-likeness (QED) is 0.401. The maximum atomic E-state index is 2.27. The lowest BCUT2D eigenvalue weighted by Gasteiger charge is -1.83. The van der Waals surface area contributed by atoms with Crippen LogP contribution in [-0.4, -0.2) is 0 Å². The van der Waals surface area contributed by atoms with Crippen LogP contribution in [0.15, 0.2) is 35.0 Å². The SMILES string of the molecule is C(=Cc1cc2sccc2s1)c1cc2sccc2s1. The third-order valence-corrected chi connectivity index (χ3v) is 6.85. The highest BCUT2D eigenvalue weighted by atomic mass is 32.1. The Morgan fingerprint density at radius 1 is 0.667 bits per heavy atom. The fourth-order valence-corrected chi connectivity index (χ4v) is 5.94. The second kappa shape index (κ2) is 4.31. The standard InChI is InChI=1S/C14H8S4/c1(9-7-13-11(17-9)3-5-15-13)2-10-8-14-12(18-10)4-6-16-14/h1-8H. The van der Waals surface area contributed by atoms with Crippen LogP contribution in [0.3, 0.4) is 0 Å². The summed E-state index contributed by atoms with van der Waals surface area (Å²) in [4.78, 5) is 2.68. The Labute approximate surface area is 120 Å². The first-order valence-corrected chi connectivity index (χ1v) is 8.90. The lowest BCUT2D eigenvalue weighted by Crippen LogP contribution is -1.57. The molecule has 0 N–H and O–H groups in total. The zero-order valence-corrected chi connectivity index (χ0v) is 12.5. The molecule has 0 saturated heterocycles. The molecule has 4 heteroatoms. The summed E-state index contributed by atoms with van der Waals surface area (Å²) in [5.74, 6) is 0. The van der Waals surface area contributed by atoms with Crippen LogP contribution in [-0.2, 0) is 0 Å². The van der Waals surface area contributed by atoms with Crippen molar-refractivity contribution >= 4 is 76.3 Å². The fraction of sp³-hybridized carbons (Fsp3) is 0. The van der Waals surface area contributed by atoms with Gasteiger partial charge in [0.15, 0.2) is 0 Å².